The number of hydrogen-bond donors (Lipinski definition) is 1. The third-order valence-electron chi connectivity index (χ3n) is 1.74. The highest BCUT2D eigenvalue weighted by molar-refractivity contribution is 5.32. The average molecular weight is 148 g/mol. The molecule has 0 amide bonds. The minimum absolute atomic E-state index is 0.755. The van der Waals surface area contributed by atoms with Gasteiger partial charge in [-0.3, -0.25) is 0 Å². The lowest BCUT2D eigenvalue weighted by molar-refractivity contribution is 0.325. The van der Waals surface area contributed by atoms with Crippen LogP contribution in [0.25, 0.3) is 0 Å². The Morgan fingerprint density at radius 1 is 1.55 bits per heavy atom. The van der Waals surface area contributed by atoms with Gasteiger partial charge in [0.15, 0.2) is 0 Å². The molecule has 0 bridgehead atoms. The second-order valence-corrected chi connectivity index (χ2v) is 2.54. The Kier molecular flexibility index (Phi) is 1.78. The van der Waals surface area contributed by atoms with E-state index < -0.39 is 0 Å². The van der Waals surface area contributed by atoms with Gasteiger partial charge in [0.1, 0.15) is 12.4 Å². The average Bonchev–Trinajstić information content (AvgIpc) is 2.28. The van der Waals surface area contributed by atoms with Crippen LogP contribution >= 0.6 is 0 Å². The Bertz CT molecular complexity index is 222. The first-order chi connectivity index (χ1) is 5.47. The molecule has 1 heterocycles. The third-order valence-corrected chi connectivity index (χ3v) is 1.74. The first kappa shape index (κ1) is 6.68. The van der Waals surface area contributed by atoms with Gasteiger partial charge in [0, 0.05) is 18.7 Å². The van der Waals surface area contributed by atoms with E-state index in [2.05, 4.69) is 11.4 Å². The van der Waals surface area contributed by atoms with E-state index in [9.17, 15) is 0 Å². The van der Waals surface area contributed by atoms with Crippen LogP contribution in [-0.2, 0) is 6.54 Å². The zero-order valence-electron chi connectivity index (χ0n) is 6.26. The Morgan fingerprint density at radius 3 is 3.55 bits per heavy atom. The molecule has 2 heteroatoms. The maximum Gasteiger partial charge on any atom is 0.124 e. The molecule has 0 aromatic heterocycles. The highest BCUT2D eigenvalue weighted by atomic mass is 16.5. The molecule has 1 aromatic carbocycles. The zero-order valence-corrected chi connectivity index (χ0v) is 6.26. The summed E-state index contributed by atoms with van der Waals surface area (Å²) in [6.07, 6.45) is 0. The molecule has 0 unspecified atom stereocenters. The van der Waals surface area contributed by atoms with Gasteiger partial charge < -0.3 is 10.1 Å². The SMILES string of the molecule is [c]1cccc2c1CNCCO2. The fourth-order valence-corrected chi connectivity index (χ4v) is 1.18. The fourth-order valence-electron chi connectivity index (χ4n) is 1.18. The molecule has 0 saturated carbocycles. The molecule has 2 nitrogen and oxygen atoms in total. The summed E-state index contributed by atoms with van der Waals surface area (Å²) in [7, 11) is 0. The van der Waals surface area contributed by atoms with Gasteiger partial charge in [-0.1, -0.05) is 12.1 Å². The second-order valence-electron chi connectivity index (χ2n) is 2.54. The van der Waals surface area contributed by atoms with Crippen LogP contribution in [0.1, 0.15) is 5.56 Å². The summed E-state index contributed by atoms with van der Waals surface area (Å²) >= 11 is 0. The summed E-state index contributed by atoms with van der Waals surface area (Å²) in [6, 6.07) is 8.99. The van der Waals surface area contributed by atoms with Crippen LogP contribution in [0, 0.1) is 6.07 Å². The van der Waals surface area contributed by atoms with Crippen LogP contribution < -0.4 is 10.1 Å². The van der Waals surface area contributed by atoms with E-state index in [-0.39, 0.29) is 0 Å². The van der Waals surface area contributed by atoms with Gasteiger partial charge in [0.25, 0.3) is 0 Å². The molecule has 57 valence electrons. The van der Waals surface area contributed by atoms with Crippen molar-refractivity contribution in [1.29, 1.82) is 0 Å². The minimum atomic E-state index is 0.755. The topological polar surface area (TPSA) is 21.3 Å². The van der Waals surface area contributed by atoms with E-state index in [4.69, 9.17) is 4.74 Å². The van der Waals surface area contributed by atoms with Crippen LogP contribution in [0.5, 0.6) is 5.75 Å². The van der Waals surface area contributed by atoms with E-state index in [0.29, 0.717) is 0 Å². The Balaban J connectivity index is 2.33. The van der Waals surface area contributed by atoms with Crippen molar-refractivity contribution < 1.29 is 4.74 Å². The Morgan fingerprint density at radius 2 is 2.55 bits per heavy atom. The van der Waals surface area contributed by atoms with E-state index >= 15 is 0 Å². The van der Waals surface area contributed by atoms with Gasteiger partial charge in [-0.05, 0) is 12.1 Å². The number of hydrogen-bond acceptors (Lipinski definition) is 2. The first-order valence-electron chi connectivity index (χ1n) is 3.80. The Hall–Kier alpha value is -1.02. The van der Waals surface area contributed by atoms with E-state index in [0.717, 1.165) is 31.0 Å². The smallest absolute Gasteiger partial charge is 0.124 e. The van der Waals surface area contributed by atoms with Crippen LogP contribution in [0.4, 0.5) is 0 Å². The fraction of sp³-hybridized carbons (Fsp3) is 0.333. The van der Waals surface area contributed by atoms with Crippen molar-refractivity contribution in [1.82, 2.24) is 5.32 Å². The molecule has 0 aliphatic carbocycles. The van der Waals surface area contributed by atoms with Crippen molar-refractivity contribution in [3.8, 4) is 5.75 Å². The van der Waals surface area contributed by atoms with E-state index in [1.807, 2.05) is 18.2 Å². The summed E-state index contributed by atoms with van der Waals surface area (Å²) in [5, 5.41) is 3.25. The summed E-state index contributed by atoms with van der Waals surface area (Å²) in [4.78, 5) is 0. The molecule has 1 aliphatic rings. The van der Waals surface area contributed by atoms with Crippen molar-refractivity contribution >= 4 is 0 Å². The number of nitrogens with one attached hydrogen (secondary N) is 1. The van der Waals surface area contributed by atoms with Crippen LogP contribution in [0.2, 0.25) is 0 Å². The normalized spacial score (nSPS) is 16.4. The van der Waals surface area contributed by atoms with Gasteiger partial charge in [-0.15, -0.1) is 0 Å². The standard InChI is InChI=1S/C9H10NO/c1-2-4-9-8(3-1)7-10-5-6-11-9/h1-2,4,10H,5-7H2. The van der Waals surface area contributed by atoms with Crippen molar-refractivity contribution in [2.45, 2.75) is 6.54 Å². The number of rotatable bonds is 0. The highest BCUT2D eigenvalue weighted by Gasteiger charge is 2.05. The van der Waals surface area contributed by atoms with E-state index in [1.165, 1.54) is 0 Å². The molecule has 0 spiro atoms. The third kappa shape index (κ3) is 1.35. The lowest BCUT2D eigenvalue weighted by Crippen LogP contribution is -2.16. The van der Waals surface area contributed by atoms with Gasteiger partial charge in [0.05, 0.1) is 0 Å². The van der Waals surface area contributed by atoms with Crippen LogP contribution in [0.15, 0.2) is 18.2 Å². The number of ether oxygens (including phenoxy) is 1. The minimum Gasteiger partial charge on any atom is -0.492 e. The number of benzene rings is 1. The summed E-state index contributed by atoms with van der Waals surface area (Å²) in [5.74, 6) is 0.970. The molecule has 2 rings (SSSR count). The van der Waals surface area contributed by atoms with Gasteiger partial charge in [0.2, 0.25) is 0 Å². The van der Waals surface area contributed by atoms with Crippen molar-refractivity contribution in [2.75, 3.05) is 13.2 Å². The van der Waals surface area contributed by atoms with Gasteiger partial charge in [-0.25, -0.2) is 0 Å². The number of fused-ring (bicyclic) bond motifs is 1. The second kappa shape index (κ2) is 2.93. The Labute approximate surface area is 66.2 Å². The lowest BCUT2D eigenvalue weighted by atomic mass is 10.2. The lowest BCUT2D eigenvalue weighted by Gasteiger charge is -2.03. The van der Waals surface area contributed by atoms with Gasteiger partial charge in [-0.2, -0.15) is 0 Å². The van der Waals surface area contributed by atoms with Crippen LogP contribution in [-0.4, -0.2) is 13.2 Å². The molecule has 0 saturated heterocycles. The van der Waals surface area contributed by atoms with E-state index in [1.54, 1.807) is 0 Å². The molecule has 1 aliphatic heterocycles. The molecule has 1 N–H and O–H groups in total. The quantitative estimate of drug-likeness (QED) is 0.592. The van der Waals surface area contributed by atoms with Crippen molar-refractivity contribution in [3.63, 3.8) is 0 Å². The monoisotopic (exact) mass is 148 g/mol. The summed E-state index contributed by atoms with van der Waals surface area (Å²) < 4.78 is 5.45. The van der Waals surface area contributed by atoms with Crippen molar-refractivity contribution in [3.05, 3.63) is 29.8 Å². The molecule has 11 heavy (non-hydrogen) atoms. The predicted octanol–water partition coefficient (Wildman–Crippen LogP) is 0.969. The van der Waals surface area contributed by atoms with Crippen LogP contribution in [0.3, 0.4) is 0 Å². The largest absolute Gasteiger partial charge is 0.492 e. The maximum atomic E-state index is 5.45. The molecule has 1 radical (unpaired) electrons. The highest BCUT2D eigenvalue weighted by Crippen LogP contribution is 2.17. The first-order valence-corrected chi connectivity index (χ1v) is 3.80. The van der Waals surface area contributed by atoms with Gasteiger partial charge >= 0.3 is 0 Å². The zero-order chi connectivity index (χ0) is 7.52. The maximum absolute atomic E-state index is 5.45. The summed E-state index contributed by atoms with van der Waals surface area (Å²) in [5.41, 5.74) is 1.13. The molecule has 0 fully saturated rings. The predicted molar refractivity (Wildman–Crippen MR) is 42.5 cm³/mol. The van der Waals surface area contributed by atoms with Crippen molar-refractivity contribution in [2.24, 2.45) is 0 Å². The summed E-state index contributed by atoms with van der Waals surface area (Å²) in [6.45, 7) is 2.55. The molecule has 1 aromatic rings. The molecule has 0 atom stereocenters. The molecular formula is C9H10NO. The molecular weight excluding hydrogens is 138 g/mol.